The van der Waals surface area contributed by atoms with Gasteiger partial charge in [0.25, 0.3) is 5.91 Å². The van der Waals surface area contributed by atoms with Crippen LogP contribution in [0.4, 0.5) is 0 Å². The lowest BCUT2D eigenvalue weighted by atomic mass is 10.1. The molecule has 8 heteroatoms. The number of likely N-dealkylation sites (N-methyl/N-ethyl adjacent to an activating group) is 1. The number of thioether (sulfide) groups is 1. The van der Waals surface area contributed by atoms with Crippen LogP contribution in [0, 0.1) is 0 Å². The van der Waals surface area contributed by atoms with Gasteiger partial charge in [0, 0.05) is 23.9 Å². The average Bonchev–Trinajstić information content (AvgIpc) is 3.34. The van der Waals surface area contributed by atoms with Crippen LogP contribution in [-0.4, -0.2) is 38.1 Å². The number of benzene rings is 2. The molecule has 1 amide bonds. The fourth-order valence-electron chi connectivity index (χ4n) is 3.32. The molecule has 1 aromatic heterocycles. The van der Waals surface area contributed by atoms with Crippen LogP contribution in [0.15, 0.2) is 59.6 Å². The fraction of sp³-hybridized carbons (Fsp3) is 0.208. The van der Waals surface area contributed by atoms with Gasteiger partial charge >= 0.3 is 0 Å². The highest BCUT2D eigenvalue weighted by Crippen LogP contribution is 2.36. The van der Waals surface area contributed by atoms with E-state index in [0.717, 1.165) is 28.9 Å². The Bertz CT molecular complexity index is 1190. The van der Waals surface area contributed by atoms with E-state index in [-0.39, 0.29) is 5.91 Å². The Hall–Kier alpha value is -2.61. The number of rotatable bonds is 7. The number of halogens is 1. The van der Waals surface area contributed by atoms with E-state index in [1.54, 1.807) is 9.58 Å². The smallest absolute Gasteiger partial charge is 0.266 e. The minimum absolute atomic E-state index is 0.0812. The van der Waals surface area contributed by atoms with Gasteiger partial charge in [-0.25, -0.2) is 4.68 Å². The van der Waals surface area contributed by atoms with Crippen molar-refractivity contribution in [2.75, 3.05) is 13.2 Å². The Morgan fingerprint density at radius 3 is 2.62 bits per heavy atom. The Balaban J connectivity index is 1.79. The van der Waals surface area contributed by atoms with Gasteiger partial charge in [-0.1, -0.05) is 60.7 Å². The first-order chi connectivity index (χ1) is 15.5. The van der Waals surface area contributed by atoms with Gasteiger partial charge < -0.3 is 4.74 Å². The lowest BCUT2D eigenvalue weighted by Gasteiger charge is -2.09. The van der Waals surface area contributed by atoms with Crippen LogP contribution < -0.4 is 4.74 Å². The molecule has 0 radical (unpaired) electrons. The van der Waals surface area contributed by atoms with E-state index in [4.69, 9.17) is 33.7 Å². The molecule has 1 aliphatic rings. The van der Waals surface area contributed by atoms with Crippen LogP contribution in [0.3, 0.4) is 0 Å². The first-order valence-electron chi connectivity index (χ1n) is 10.3. The fourth-order valence-corrected chi connectivity index (χ4v) is 4.93. The van der Waals surface area contributed by atoms with Crippen molar-refractivity contribution in [2.24, 2.45) is 0 Å². The zero-order valence-electron chi connectivity index (χ0n) is 17.7. The second-order valence-corrected chi connectivity index (χ2v) is 9.22. The molecule has 0 bridgehead atoms. The van der Waals surface area contributed by atoms with Gasteiger partial charge in [0.05, 0.1) is 22.2 Å². The SMILES string of the molecule is CCCOc1ccc(-c2nn(-c3ccccc3)cc2C=C2SC(=S)N(CC)C2=O)cc1Cl. The van der Waals surface area contributed by atoms with Gasteiger partial charge in [0.15, 0.2) is 0 Å². The van der Waals surface area contributed by atoms with Crippen LogP contribution in [0.25, 0.3) is 23.0 Å². The number of para-hydroxylation sites is 1. The van der Waals surface area contributed by atoms with Crippen molar-refractivity contribution >= 4 is 51.9 Å². The van der Waals surface area contributed by atoms with E-state index in [2.05, 4.69) is 0 Å². The van der Waals surface area contributed by atoms with Gasteiger partial charge in [0.1, 0.15) is 15.8 Å². The van der Waals surface area contributed by atoms with Crippen molar-refractivity contribution in [3.05, 3.63) is 70.2 Å². The lowest BCUT2D eigenvalue weighted by Crippen LogP contribution is -2.27. The largest absolute Gasteiger partial charge is 0.492 e. The molecule has 4 rings (SSSR count). The first-order valence-corrected chi connectivity index (χ1v) is 11.9. The average molecular weight is 484 g/mol. The third kappa shape index (κ3) is 4.60. The molecule has 0 saturated carbocycles. The molecule has 1 saturated heterocycles. The molecule has 32 heavy (non-hydrogen) atoms. The monoisotopic (exact) mass is 483 g/mol. The normalized spacial score (nSPS) is 15.1. The number of carbonyl (C=O) groups is 1. The van der Waals surface area contributed by atoms with Crippen molar-refractivity contribution < 1.29 is 9.53 Å². The van der Waals surface area contributed by atoms with Crippen molar-refractivity contribution in [3.8, 4) is 22.7 Å². The minimum atomic E-state index is -0.0812. The predicted octanol–water partition coefficient (Wildman–Crippen LogP) is 6.20. The van der Waals surface area contributed by atoms with Crippen LogP contribution in [0.5, 0.6) is 5.75 Å². The van der Waals surface area contributed by atoms with E-state index in [9.17, 15) is 4.79 Å². The number of ether oxygens (including phenoxy) is 1. The maximum Gasteiger partial charge on any atom is 0.266 e. The molecule has 1 fully saturated rings. The zero-order valence-corrected chi connectivity index (χ0v) is 20.1. The number of carbonyl (C=O) groups excluding carboxylic acids is 1. The van der Waals surface area contributed by atoms with E-state index in [1.807, 2.05) is 74.7 Å². The van der Waals surface area contributed by atoms with Crippen LogP contribution in [0.2, 0.25) is 5.02 Å². The summed E-state index contributed by atoms with van der Waals surface area (Å²) in [6.07, 6.45) is 4.67. The van der Waals surface area contributed by atoms with Gasteiger partial charge in [-0.3, -0.25) is 9.69 Å². The molecular weight excluding hydrogens is 462 g/mol. The number of aromatic nitrogens is 2. The van der Waals surface area contributed by atoms with E-state index < -0.39 is 0 Å². The summed E-state index contributed by atoms with van der Waals surface area (Å²) in [4.78, 5) is 14.9. The van der Waals surface area contributed by atoms with Crippen molar-refractivity contribution in [1.82, 2.24) is 14.7 Å². The third-order valence-electron chi connectivity index (χ3n) is 4.91. The van der Waals surface area contributed by atoms with E-state index in [1.165, 1.54) is 11.8 Å². The van der Waals surface area contributed by atoms with E-state index >= 15 is 0 Å². The molecule has 5 nitrogen and oxygen atoms in total. The highest BCUT2D eigenvalue weighted by Gasteiger charge is 2.31. The lowest BCUT2D eigenvalue weighted by molar-refractivity contribution is -0.121. The molecular formula is C24H22ClN3O2S2. The minimum Gasteiger partial charge on any atom is -0.492 e. The second kappa shape index (κ2) is 9.90. The summed E-state index contributed by atoms with van der Waals surface area (Å²) in [7, 11) is 0. The van der Waals surface area contributed by atoms with Crippen LogP contribution in [0.1, 0.15) is 25.8 Å². The molecule has 0 spiro atoms. The summed E-state index contributed by atoms with van der Waals surface area (Å²) in [5, 5.41) is 5.34. The highest BCUT2D eigenvalue weighted by molar-refractivity contribution is 8.26. The molecule has 0 unspecified atom stereocenters. The van der Waals surface area contributed by atoms with Gasteiger partial charge in [-0.15, -0.1) is 0 Å². The number of amides is 1. The molecule has 1 aliphatic heterocycles. The molecule has 0 atom stereocenters. The van der Waals surface area contributed by atoms with Crippen molar-refractivity contribution in [2.45, 2.75) is 20.3 Å². The summed E-state index contributed by atoms with van der Waals surface area (Å²) in [5.74, 6) is 0.562. The Morgan fingerprint density at radius 2 is 1.97 bits per heavy atom. The van der Waals surface area contributed by atoms with Crippen molar-refractivity contribution in [3.63, 3.8) is 0 Å². The van der Waals surface area contributed by atoms with Crippen LogP contribution in [-0.2, 0) is 4.79 Å². The first kappa shape index (κ1) is 22.6. The predicted molar refractivity (Wildman–Crippen MR) is 135 cm³/mol. The maximum atomic E-state index is 12.8. The number of thiocarbonyl (C=S) groups is 1. The Labute approximate surface area is 202 Å². The number of hydrogen-bond donors (Lipinski definition) is 0. The molecule has 3 aromatic rings. The topological polar surface area (TPSA) is 47.4 Å². The quantitative estimate of drug-likeness (QED) is 0.295. The molecule has 0 N–H and O–H groups in total. The summed E-state index contributed by atoms with van der Waals surface area (Å²) in [6, 6.07) is 15.5. The number of hydrogen-bond acceptors (Lipinski definition) is 5. The maximum absolute atomic E-state index is 12.8. The molecule has 2 heterocycles. The van der Waals surface area contributed by atoms with Gasteiger partial charge in [-0.2, -0.15) is 5.10 Å². The standard InChI is InChI=1S/C24H22ClN3O2S2/c1-3-12-30-20-11-10-16(13-19(20)25)22-17(14-21-23(29)27(4-2)24(31)32-21)15-28(26-22)18-8-6-5-7-9-18/h5-11,13-15H,3-4,12H2,1-2H3. The second-order valence-electron chi connectivity index (χ2n) is 7.13. The summed E-state index contributed by atoms with van der Waals surface area (Å²) in [5.41, 5.74) is 3.29. The van der Waals surface area contributed by atoms with Crippen LogP contribution >= 0.6 is 35.6 Å². The van der Waals surface area contributed by atoms with Gasteiger partial charge in [-0.05, 0) is 49.8 Å². The summed E-state index contributed by atoms with van der Waals surface area (Å²) in [6.45, 7) is 5.11. The molecule has 164 valence electrons. The van der Waals surface area contributed by atoms with Gasteiger partial charge in [0.2, 0.25) is 0 Å². The Morgan fingerprint density at radius 1 is 1.19 bits per heavy atom. The third-order valence-corrected chi connectivity index (χ3v) is 6.58. The zero-order chi connectivity index (χ0) is 22.7. The highest BCUT2D eigenvalue weighted by atomic mass is 35.5. The molecule has 0 aliphatic carbocycles. The number of nitrogens with zero attached hydrogens (tertiary/aromatic N) is 3. The molecule has 2 aromatic carbocycles. The summed E-state index contributed by atoms with van der Waals surface area (Å²) >= 11 is 13.2. The van der Waals surface area contributed by atoms with Crippen molar-refractivity contribution in [1.29, 1.82) is 0 Å². The summed E-state index contributed by atoms with van der Waals surface area (Å²) < 4.78 is 8.08. The van der Waals surface area contributed by atoms with E-state index in [0.29, 0.717) is 33.1 Å². The Kier molecular flexibility index (Phi) is 6.98.